The summed E-state index contributed by atoms with van der Waals surface area (Å²) in [4.78, 5) is 7.07. The molecule has 112 valence electrons. The lowest BCUT2D eigenvalue weighted by molar-refractivity contribution is 0.126. The van der Waals surface area contributed by atoms with Gasteiger partial charge < -0.3 is 4.74 Å². The largest absolute Gasteiger partial charge is 0.475 e. The van der Waals surface area contributed by atoms with Gasteiger partial charge in [0.05, 0.1) is 6.10 Å². The molecule has 0 amide bonds. The molecule has 1 aromatic heterocycles. The zero-order chi connectivity index (χ0) is 14.5. The normalized spacial score (nSPS) is 20.6. The number of likely N-dealkylation sites (tertiary alicyclic amines) is 1. The number of hydrogen-bond acceptors (Lipinski definition) is 3. The summed E-state index contributed by atoms with van der Waals surface area (Å²) in [7, 11) is 0. The maximum Gasteiger partial charge on any atom is 0.218 e. The quantitative estimate of drug-likeness (QED) is 0.811. The first-order valence-corrected chi connectivity index (χ1v) is 7.93. The molecule has 20 heavy (non-hydrogen) atoms. The Morgan fingerprint density at radius 2 is 2.10 bits per heavy atom. The van der Waals surface area contributed by atoms with Crippen molar-refractivity contribution >= 4 is 0 Å². The fraction of sp³-hybridized carbons (Fsp3) is 0.706. The second kappa shape index (κ2) is 7.07. The highest BCUT2D eigenvalue weighted by atomic mass is 16.5. The van der Waals surface area contributed by atoms with Gasteiger partial charge in [-0.1, -0.05) is 26.3 Å². The van der Waals surface area contributed by atoms with Crippen LogP contribution in [0.5, 0.6) is 5.88 Å². The number of nitrogens with zero attached hydrogens (tertiary/aromatic N) is 2. The zero-order valence-corrected chi connectivity index (χ0v) is 13.3. The summed E-state index contributed by atoms with van der Waals surface area (Å²) in [6, 6.07) is 4.69. The van der Waals surface area contributed by atoms with Crippen LogP contribution in [-0.2, 0) is 0 Å². The van der Waals surface area contributed by atoms with Crippen LogP contribution in [0.2, 0.25) is 0 Å². The van der Waals surface area contributed by atoms with Gasteiger partial charge in [0, 0.05) is 24.3 Å². The molecule has 0 bridgehead atoms. The summed E-state index contributed by atoms with van der Waals surface area (Å²) in [5.74, 6) is 1.52. The molecule has 1 unspecified atom stereocenters. The first-order chi connectivity index (χ1) is 9.58. The standard InChI is InChI=1S/C17H28N2O/c1-13(2)12-19-11-6-5-9-16(19)15-8-7-10-18-17(15)20-14(3)4/h7-8,10,13-14,16H,5-6,9,11-12H2,1-4H3. The van der Waals surface area contributed by atoms with E-state index in [2.05, 4.69) is 43.6 Å². The van der Waals surface area contributed by atoms with E-state index in [1.807, 2.05) is 12.3 Å². The average Bonchev–Trinajstić information content (AvgIpc) is 2.39. The predicted octanol–water partition coefficient (Wildman–Crippen LogP) is 4.05. The van der Waals surface area contributed by atoms with Gasteiger partial charge in [0.2, 0.25) is 5.88 Å². The van der Waals surface area contributed by atoms with Crippen molar-refractivity contribution in [3.8, 4) is 5.88 Å². The van der Waals surface area contributed by atoms with Gasteiger partial charge in [-0.05, 0) is 45.2 Å². The zero-order valence-electron chi connectivity index (χ0n) is 13.3. The van der Waals surface area contributed by atoms with Gasteiger partial charge in [-0.3, -0.25) is 4.90 Å². The number of rotatable bonds is 5. The van der Waals surface area contributed by atoms with Crippen LogP contribution in [0.4, 0.5) is 0 Å². The molecule has 0 N–H and O–H groups in total. The summed E-state index contributed by atoms with van der Waals surface area (Å²) in [5.41, 5.74) is 1.27. The average molecular weight is 276 g/mol. The first kappa shape index (κ1) is 15.3. The first-order valence-electron chi connectivity index (χ1n) is 7.93. The summed E-state index contributed by atoms with van der Waals surface area (Å²) in [6.07, 6.45) is 5.83. The van der Waals surface area contributed by atoms with E-state index in [4.69, 9.17) is 4.74 Å². The Labute approximate surface area is 123 Å². The monoisotopic (exact) mass is 276 g/mol. The van der Waals surface area contributed by atoms with E-state index in [9.17, 15) is 0 Å². The third kappa shape index (κ3) is 3.95. The van der Waals surface area contributed by atoms with Gasteiger partial charge in [-0.25, -0.2) is 4.98 Å². The van der Waals surface area contributed by atoms with Crippen LogP contribution < -0.4 is 4.74 Å². The fourth-order valence-electron chi connectivity index (χ4n) is 3.01. The van der Waals surface area contributed by atoms with E-state index in [1.165, 1.54) is 31.4 Å². The van der Waals surface area contributed by atoms with Crippen molar-refractivity contribution in [1.82, 2.24) is 9.88 Å². The van der Waals surface area contributed by atoms with Gasteiger partial charge in [0.1, 0.15) is 0 Å². The van der Waals surface area contributed by atoms with Crippen LogP contribution in [0.15, 0.2) is 18.3 Å². The maximum absolute atomic E-state index is 5.91. The van der Waals surface area contributed by atoms with Gasteiger partial charge in [0.15, 0.2) is 0 Å². The van der Waals surface area contributed by atoms with E-state index >= 15 is 0 Å². The summed E-state index contributed by atoms with van der Waals surface area (Å²) < 4.78 is 5.91. The Bertz CT molecular complexity index is 417. The van der Waals surface area contributed by atoms with Crippen molar-refractivity contribution < 1.29 is 4.74 Å². The molecular weight excluding hydrogens is 248 g/mol. The lowest BCUT2D eigenvalue weighted by Gasteiger charge is -2.37. The minimum absolute atomic E-state index is 0.172. The summed E-state index contributed by atoms with van der Waals surface area (Å²) >= 11 is 0. The third-order valence-corrected chi connectivity index (χ3v) is 3.72. The molecule has 3 nitrogen and oxygen atoms in total. The number of piperidine rings is 1. The molecule has 1 aliphatic rings. The molecule has 1 aromatic rings. The van der Waals surface area contributed by atoms with Crippen LogP contribution in [0.3, 0.4) is 0 Å². The highest BCUT2D eigenvalue weighted by Crippen LogP contribution is 2.35. The van der Waals surface area contributed by atoms with E-state index in [1.54, 1.807) is 0 Å². The Morgan fingerprint density at radius 1 is 1.30 bits per heavy atom. The van der Waals surface area contributed by atoms with Crippen LogP contribution in [0, 0.1) is 5.92 Å². The molecule has 0 saturated carbocycles. The minimum atomic E-state index is 0.172. The highest BCUT2D eigenvalue weighted by Gasteiger charge is 2.27. The predicted molar refractivity (Wildman–Crippen MR) is 83.0 cm³/mol. The lowest BCUT2D eigenvalue weighted by atomic mass is 9.95. The lowest BCUT2D eigenvalue weighted by Crippen LogP contribution is -2.36. The molecular formula is C17H28N2O. The maximum atomic E-state index is 5.91. The molecule has 0 radical (unpaired) electrons. The Hall–Kier alpha value is -1.09. The van der Waals surface area contributed by atoms with Gasteiger partial charge >= 0.3 is 0 Å². The molecule has 1 aliphatic heterocycles. The van der Waals surface area contributed by atoms with E-state index in [-0.39, 0.29) is 6.10 Å². The molecule has 0 aliphatic carbocycles. The van der Waals surface area contributed by atoms with Crippen molar-refractivity contribution in [3.63, 3.8) is 0 Å². The summed E-state index contributed by atoms with van der Waals surface area (Å²) in [6.45, 7) is 11.1. The van der Waals surface area contributed by atoms with Crippen LogP contribution in [0.25, 0.3) is 0 Å². The van der Waals surface area contributed by atoms with Crippen molar-refractivity contribution in [3.05, 3.63) is 23.9 Å². The van der Waals surface area contributed by atoms with E-state index in [0.29, 0.717) is 12.0 Å². The summed E-state index contributed by atoms with van der Waals surface area (Å²) in [5, 5.41) is 0. The van der Waals surface area contributed by atoms with Gasteiger partial charge in [-0.15, -0.1) is 0 Å². The fourth-order valence-corrected chi connectivity index (χ4v) is 3.01. The van der Waals surface area contributed by atoms with Crippen molar-refractivity contribution in [2.75, 3.05) is 13.1 Å². The number of aromatic nitrogens is 1. The number of hydrogen-bond donors (Lipinski definition) is 0. The van der Waals surface area contributed by atoms with Crippen molar-refractivity contribution in [2.45, 2.75) is 59.1 Å². The Kier molecular flexibility index (Phi) is 5.41. The van der Waals surface area contributed by atoms with Crippen LogP contribution >= 0.6 is 0 Å². The number of ether oxygens (including phenoxy) is 1. The van der Waals surface area contributed by atoms with E-state index in [0.717, 1.165) is 12.4 Å². The van der Waals surface area contributed by atoms with E-state index < -0.39 is 0 Å². The van der Waals surface area contributed by atoms with Gasteiger partial charge in [-0.2, -0.15) is 0 Å². The van der Waals surface area contributed by atoms with Crippen LogP contribution in [0.1, 0.15) is 58.6 Å². The second-order valence-electron chi connectivity index (χ2n) is 6.46. The minimum Gasteiger partial charge on any atom is -0.475 e. The molecule has 0 spiro atoms. The van der Waals surface area contributed by atoms with Crippen molar-refractivity contribution in [1.29, 1.82) is 0 Å². The second-order valence-corrected chi connectivity index (χ2v) is 6.46. The molecule has 3 heteroatoms. The SMILES string of the molecule is CC(C)CN1CCCCC1c1cccnc1OC(C)C. The van der Waals surface area contributed by atoms with Crippen LogP contribution in [-0.4, -0.2) is 29.1 Å². The Morgan fingerprint density at radius 3 is 2.80 bits per heavy atom. The molecule has 1 fully saturated rings. The Balaban J connectivity index is 2.22. The molecule has 0 aromatic carbocycles. The highest BCUT2D eigenvalue weighted by molar-refractivity contribution is 5.29. The smallest absolute Gasteiger partial charge is 0.218 e. The number of pyridine rings is 1. The van der Waals surface area contributed by atoms with Gasteiger partial charge in [0.25, 0.3) is 0 Å². The molecule has 1 atom stereocenters. The molecule has 2 heterocycles. The topological polar surface area (TPSA) is 25.4 Å². The third-order valence-electron chi connectivity index (χ3n) is 3.72. The van der Waals surface area contributed by atoms with Crippen molar-refractivity contribution in [2.24, 2.45) is 5.92 Å². The molecule has 1 saturated heterocycles. The molecule has 2 rings (SSSR count).